The van der Waals surface area contributed by atoms with E-state index in [0.29, 0.717) is 0 Å². The highest BCUT2D eigenvalue weighted by Gasteiger charge is 2.23. The van der Waals surface area contributed by atoms with Gasteiger partial charge in [-0.15, -0.1) is 0 Å². The van der Waals surface area contributed by atoms with Crippen molar-refractivity contribution in [3.05, 3.63) is 0 Å². The smallest absolute Gasteiger partial charge is 0.0109 e. The van der Waals surface area contributed by atoms with Crippen LogP contribution in [0.4, 0.5) is 0 Å². The summed E-state index contributed by atoms with van der Waals surface area (Å²) < 4.78 is 0. The van der Waals surface area contributed by atoms with E-state index in [2.05, 4.69) is 42.9 Å². The third-order valence-corrected chi connectivity index (χ3v) is 4.48. The molecular formula is C15H33N3. The molecule has 1 fully saturated rings. The van der Waals surface area contributed by atoms with Crippen molar-refractivity contribution in [3.63, 3.8) is 0 Å². The lowest BCUT2D eigenvalue weighted by molar-refractivity contribution is 0.153. The third-order valence-electron chi connectivity index (χ3n) is 4.48. The van der Waals surface area contributed by atoms with E-state index in [9.17, 15) is 0 Å². The molecule has 0 aromatic rings. The van der Waals surface area contributed by atoms with E-state index in [4.69, 9.17) is 0 Å². The van der Waals surface area contributed by atoms with Gasteiger partial charge in [-0.1, -0.05) is 20.8 Å². The van der Waals surface area contributed by atoms with Crippen molar-refractivity contribution in [2.75, 3.05) is 39.8 Å². The van der Waals surface area contributed by atoms with Gasteiger partial charge >= 0.3 is 0 Å². The molecule has 108 valence electrons. The van der Waals surface area contributed by atoms with Crippen LogP contribution in [0.25, 0.3) is 0 Å². The normalized spacial score (nSPS) is 25.0. The monoisotopic (exact) mass is 255 g/mol. The number of nitrogens with one attached hydrogen (secondary N) is 1. The molecular weight excluding hydrogens is 222 g/mol. The number of likely N-dealkylation sites (N-methyl/N-ethyl adjacent to an activating group) is 2. The van der Waals surface area contributed by atoms with Crippen LogP contribution in [0.15, 0.2) is 0 Å². The molecule has 1 saturated carbocycles. The van der Waals surface area contributed by atoms with Crippen LogP contribution in [0.1, 0.15) is 46.5 Å². The van der Waals surface area contributed by atoms with Crippen molar-refractivity contribution in [2.24, 2.45) is 0 Å². The zero-order valence-electron chi connectivity index (χ0n) is 12.9. The molecule has 18 heavy (non-hydrogen) atoms. The molecule has 1 N–H and O–H groups in total. The zero-order chi connectivity index (χ0) is 13.4. The van der Waals surface area contributed by atoms with Gasteiger partial charge in [0.05, 0.1) is 0 Å². The first kappa shape index (κ1) is 15.9. The Balaban J connectivity index is 2.21. The lowest BCUT2D eigenvalue weighted by Gasteiger charge is -2.35. The van der Waals surface area contributed by atoms with Crippen molar-refractivity contribution >= 4 is 0 Å². The molecule has 0 radical (unpaired) electrons. The van der Waals surface area contributed by atoms with Gasteiger partial charge in [0.1, 0.15) is 0 Å². The van der Waals surface area contributed by atoms with Crippen molar-refractivity contribution in [3.8, 4) is 0 Å². The van der Waals surface area contributed by atoms with Crippen LogP contribution in [-0.4, -0.2) is 61.7 Å². The molecule has 0 atom stereocenters. The largest absolute Gasteiger partial charge is 0.314 e. The lowest BCUT2D eigenvalue weighted by atomic mass is 9.90. The summed E-state index contributed by atoms with van der Waals surface area (Å²) in [6, 6.07) is 1.60. The molecule has 0 heterocycles. The highest BCUT2D eigenvalue weighted by atomic mass is 15.2. The van der Waals surface area contributed by atoms with E-state index in [1.807, 2.05) is 0 Å². The average molecular weight is 255 g/mol. The van der Waals surface area contributed by atoms with Gasteiger partial charge < -0.3 is 15.1 Å². The first-order valence-corrected chi connectivity index (χ1v) is 7.87. The maximum absolute atomic E-state index is 3.59. The van der Waals surface area contributed by atoms with Gasteiger partial charge in [0, 0.05) is 25.2 Å². The topological polar surface area (TPSA) is 18.5 Å². The fourth-order valence-electron chi connectivity index (χ4n) is 3.03. The fraction of sp³-hybridized carbons (Fsp3) is 1.00. The van der Waals surface area contributed by atoms with Gasteiger partial charge in [-0.3, -0.25) is 0 Å². The van der Waals surface area contributed by atoms with E-state index in [0.717, 1.165) is 18.6 Å². The molecule has 0 aromatic heterocycles. The lowest BCUT2D eigenvalue weighted by Crippen LogP contribution is -2.43. The van der Waals surface area contributed by atoms with Crippen LogP contribution >= 0.6 is 0 Å². The Hall–Kier alpha value is -0.120. The summed E-state index contributed by atoms with van der Waals surface area (Å²) in [6.45, 7) is 12.6. The molecule has 0 amide bonds. The molecule has 0 aromatic carbocycles. The predicted molar refractivity (Wildman–Crippen MR) is 80.1 cm³/mol. The van der Waals surface area contributed by atoms with Crippen molar-refractivity contribution in [1.29, 1.82) is 0 Å². The Bertz CT molecular complexity index is 196. The summed E-state index contributed by atoms with van der Waals surface area (Å²) >= 11 is 0. The quantitative estimate of drug-likeness (QED) is 0.717. The summed E-state index contributed by atoms with van der Waals surface area (Å²) in [5, 5.41) is 3.59. The van der Waals surface area contributed by atoms with Crippen molar-refractivity contribution in [1.82, 2.24) is 15.1 Å². The Morgan fingerprint density at radius 3 is 2.06 bits per heavy atom. The Labute approximate surface area is 114 Å². The van der Waals surface area contributed by atoms with Crippen molar-refractivity contribution < 1.29 is 0 Å². The molecule has 0 saturated heterocycles. The second-order valence-corrected chi connectivity index (χ2v) is 5.57. The van der Waals surface area contributed by atoms with Gasteiger partial charge in [-0.05, 0) is 52.4 Å². The van der Waals surface area contributed by atoms with Crippen LogP contribution in [-0.2, 0) is 0 Å². The number of hydrogen-bond acceptors (Lipinski definition) is 3. The van der Waals surface area contributed by atoms with E-state index >= 15 is 0 Å². The maximum atomic E-state index is 3.59. The van der Waals surface area contributed by atoms with Gasteiger partial charge in [0.2, 0.25) is 0 Å². The first-order chi connectivity index (χ1) is 8.71. The summed E-state index contributed by atoms with van der Waals surface area (Å²) in [4.78, 5) is 5.10. The molecule has 1 aliphatic carbocycles. The predicted octanol–water partition coefficient (Wildman–Crippen LogP) is 2.18. The molecule has 0 unspecified atom stereocenters. The molecule has 3 heteroatoms. The van der Waals surface area contributed by atoms with Crippen LogP contribution in [0, 0.1) is 0 Å². The van der Waals surface area contributed by atoms with Crippen LogP contribution in [0.2, 0.25) is 0 Å². The van der Waals surface area contributed by atoms with Crippen LogP contribution < -0.4 is 5.32 Å². The Kier molecular flexibility index (Phi) is 7.87. The van der Waals surface area contributed by atoms with Gasteiger partial charge in [0.25, 0.3) is 0 Å². The van der Waals surface area contributed by atoms with E-state index in [1.165, 1.54) is 51.9 Å². The Morgan fingerprint density at radius 1 is 0.944 bits per heavy atom. The van der Waals surface area contributed by atoms with Crippen LogP contribution in [0.3, 0.4) is 0 Å². The zero-order valence-corrected chi connectivity index (χ0v) is 12.9. The van der Waals surface area contributed by atoms with E-state index in [1.54, 1.807) is 0 Å². The van der Waals surface area contributed by atoms with Gasteiger partial charge in [0.15, 0.2) is 0 Å². The van der Waals surface area contributed by atoms with Crippen molar-refractivity contribution in [2.45, 2.75) is 58.5 Å². The molecule has 0 aliphatic heterocycles. The number of rotatable bonds is 8. The summed E-state index contributed by atoms with van der Waals surface area (Å²) in [7, 11) is 2.31. The van der Waals surface area contributed by atoms with Gasteiger partial charge in [-0.2, -0.15) is 0 Å². The number of hydrogen-bond donors (Lipinski definition) is 1. The summed E-state index contributed by atoms with van der Waals surface area (Å²) in [5.74, 6) is 0. The molecule has 3 nitrogen and oxygen atoms in total. The standard InChI is InChI=1S/C15H33N3/c1-5-16-14-8-10-15(11-9-14)17(4)12-13-18(6-2)7-3/h14-16H,5-13H2,1-4H3. The minimum Gasteiger partial charge on any atom is -0.314 e. The molecule has 0 spiro atoms. The third kappa shape index (κ3) is 5.25. The highest BCUT2D eigenvalue weighted by Crippen LogP contribution is 2.22. The number of nitrogens with zero attached hydrogens (tertiary/aromatic N) is 2. The second kappa shape index (κ2) is 8.89. The summed E-state index contributed by atoms with van der Waals surface area (Å²) in [6.07, 6.45) is 5.45. The molecule has 1 aliphatic rings. The molecule has 0 bridgehead atoms. The summed E-state index contributed by atoms with van der Waals surface area (Å²) in [5.41, 5.74) is 0. The van der Waals surface area contributed by atoms with E-state index < -0.39 is 0 Å². The SMILES string of the molecule is CCNC1CCC(N(C)CCN(CC)CC)CC1. The van der Waals surface area contributed by atoms with Crippen LogP contribution in [0.5, 0.6) is 0 Å². The minimum atomic E-state index is 0.780. The Morgan fingerprint density at radius 2 is 1.56 bits per heavy atom. The highest BCUT2D eigenvalue weighted by molar-refractivity contribution is 4.81. The molecule has 1 rings (SSSR count). The maximum Gasteiger partial charge on any atom is 0.0109 e. The van der Waals surface area contributed by atoms with Gasteiger partial charge in [-0.25, -0.2) is 0 Å². The minimum absolute atomic E-state index is 0.780. The first-order valence-electron chi connectivity index (χ1n) is 7.87. The van der Waals surface area contributed by atoms with E-state index in [-0.39, 0.29) is 0 Å². The second-order valence-electron chi connectivity index (χ2n) is 5.57. The fourth-order valence-corrected chi connectivity index (χ4v) is 3.03. The average Bonchev–Trinajstić information content (AvgIpc) is 2.41.